The van der Waals surface area contributed by atoms with Gasteiger partial charge in [-0.05, 0) is 38.2 Å². The molecule has 0 radical (unpaired) electrons. The van der Waals surface area contributed by atoms with E-state index < -0.39 is 29.6 Å². The van der Waals surface area contributed by atoms with Crippen molar-refractivity contribution in [1.82, 2.24) is 15.2 Å². The highest BCUT2D eigenvalue weighted by molar-refractivity contribution is 5.93. The van der Waals surface area contributed by atoms with Crippen molar-refractivity contribution in [3.05, 3.63) is 56.5 Å². The maximum Gasteiger partial charge on any atom is 0.265 e. The average molecular weight is 487 g/mol. The highest BCUT2D eigenvalue weighted by Crippen LogP contribution is 2.35. The molecule has 1 aromatic rings. The minimum Gasteiger partial charge on any atom is -0.478 e. The Hall–Kier alpha value is -3.27. The summed E-state index contributed by atoms with van der Waals surface area (Å²) in [5, 5.41) is 15.2. The lowest BCUT2D eigenvalue weighted by molar-refractivity contribution is -0.141. The van der Waals surface area contributed by atoms with Crippen LogP contribution in [0.1, 0.15) is 36.5 Å². The molecule has 1 saturated carbocycles. The van der Waals surface area contributed by atoms with Crippen molar-refractivity contribution in [3.8, 4) is 0 Å². The predicted octanol–water partition coefficient (Wildman–Crippen LogP) is -0.285. The van der Waals surface area contributed by atoms with E-state index in [-0.39, 0.29) is 31.2 Å². The molecule has 1 fully saturated rings. The third-order valence-corrected chi connectivity index (χ3v) is 6.47. The second kappa shape index (κ2) is 10.2. The number of aliphatic hydroxyl groups is 1. The molecule has 2 aliphatic heterocycles. The number of nitrogens with zero attached hydrogens (tertiary/aromatic N) is 2. The number of aliphatic hydroxyl groups excluding tert-OH is 1. The number of carbonyl (C=O) groups is 2. The second-order valence-electron chi connectivity index (χ2n) is 9.32. The van der Waals surface area contributed by atoms with Crippen LogP contribution in [0.5, 0.6) is 0 Å². The van der Waals surface area contributed by atoms with Crippen molar-refractivity contribution in [2.45, 2.75) is 38.3 Å². The fourth-order valence-electron chi connectivity index (χ4n) is 4.54. The van der Waals surface area contributed by atoms with Gasteiger partial charge in [-0.1, -0.05) is 23.8 Å². The Labute approximate surface area is 202 Å². The lowest BCUT2D eigenvalue weighted by atomic mass is 9.91. The number of ether oxygens (including phenoxy) is 1. The zero-order valence-corrected chi connectivity index (χ0v) is 20.0. The Morgan fingerprint density at radius 2 is 2.17 bits per heavy atom. The molecule has 3 aliphatic rings. The molecule has 3 heterocycles. The van der Waals surface area contributed by atoms with Crippen molar-refractivity contribution < 1.29 is 23.8 Å². The van der Waals surface area contributed by atoms with Crippen LogP contribution < -0.4 is 26.9 Å². The minimum atomic E-state index is -1.44. The van der Waals surface area contributed by atoms with Gasteiger partial charge in [0.15, 0.2) is 0 Å². The number of halogens is 1. The Bertz CT molecular complexity index is 1260. The van der Waals surface area contributed by atoms with Gasteiger partial charge in [0.25, 0.3) is 17.4 Å². The number of hydrogen-bond acceptors (Lipinski definition) is 6. The molecular formula is C25H31FN4O5. The first-order chi connectivity index (χ1) is 16.8. The molecule has 1 aromatic heterocycles. The Morgan fingerprint density at radius 1 is 1.40 bits per heavy atom. The number of alkyl halides is 1. The van der Waals surface area contributed by atoms with Gasteiger partial charge in [0.05, 0.1) is 18.5 Å². The molecule has 2 amide bonds. The van der Waals surface area contributed by atoms with Gasteiger partial charge in [-0.3, -0.25) is 23.9 Å². The van der Waals surface area contributed by atoms with Gasteiger partial charge in [0.2, 0.25) is 5.60 Å². The topological polar surface area (TPSA) is 122 Å². The van der Waals surface area contributed by atoms with Crippen LogP contribution in [0.4, 0.5) is 4.39 Å². The summed E-state index contributed by atoms with van der Waals surface area (Å²) >= 11 is 0. The normalized spacial score (nSPS) is 23.4. The summed E-state index contributed by atoms with van der Waals surface area (Å²) in [4.78, 5) is 43.4. The van der Waals surface area contributed by atoms with Crippen LogP contribution in [-0.4, -0.2) is 60.5 Å². The Kier molecular flexibility index (Phi) is 7.20. The molecule has 0 saturated heterocycles. The van der Waals surface area contributed by atoms with E-state index in [2.05, 4.69) is 21.7 Å². The maximum absolute atomic E-state index is 13.4. The lowest BCUT2D eigenvalue weighted by Gasteiger charge is -2.38. The number of allylic oxidation sites excluding steroid dienone is 4. The standard InChI is InChI=1S/C25H31FN4O5/c1-25(24(34)28-8-9-31)14-30-20-19(12-18(23(30)33)22(32)27-2)29-13-17(21(20)35-25)11-16(4-3-7-26)10-15-5-6-15/h3-4,10,12,15,17,31H,5-9,11,13-14H2,1-2H3,(H,27,32)(H,28,34). The van der Waals surface area contributed by atoms with Crippen molar-refractivity contribution in [3.63, 3.8) is 0 Å². The van der Waals surface area contributed by atoms with Gasteiger partial charge in [0.1, 0.15) is 23.3 Å². The van der Waals surface area contributed by atoms with E-state index in [1.807, 2.05) is 0 Å². The molecule has 10 heteroatoms. The molecule has 0 bridgehead atoms. The van der Waals surface area contributed by atoms with Crippen LogP contribution in [-0.2, 0) is 16.1 Å². The number of pyridine rings is 1. The van der Waals surface area contributed by atoms with E-state index in [1.54, 1.807) is 13.0 Å². The zero-order valence-electron chi connectivity index (χ0n) is 20.0. The van der Waals surface area contributed by atoms with E-state index in [1.165, 1.54) is 23.8 Å². The van der Waals surface area contributed by atoms with E-state index in [0.717, 1.165) is 18.4 Å². The highest BCUT2D eigenvalue weighted by Gasteiger charge is 2.43. The van der Waals surface area contributed by atoms with Crippen molar-refractivity contribution >= 4 is 17.6 Å². The number of amides is 2. The van der Waals surface area contributed by atoms with Crippen LogP contribution in [0.3, 0.4) is 0 Å². The van der Waals surface area contributed by atoms with Gasteiger partial charge in [-0.25, -0.2) is 4.39 Å². The smallest absolute Gasteiger partial charge is 0.265 e. The van der Waals surface area contributed by atoms with Crippen molar-refractivity contribution in [2.75, 3.05) is 33.4 Å². The average Bonchev–Trinajstić information content (AvgIpc) is 3.67. The van der Waals surface area contributed by atoms with Crippen molar-refractivity contribution in [1.29, 1.82) is 0 Å². The Balaban J connectivity index is 1.84. The van der Waals surface area contributed by atoms with Gasteiger partial charge >= 0.3 is 0 Å². The molecule has 1 aliphatic carbocycles. The zero-order chi connectivity index (χ0) is 25.2. The summed E-state index contributed by atoms with van der Waals surface area (Å²) in [5.41, 5.74) is -1.08. The summed E-state index contributed by atoms with van der Waals surface area (Å²) in [6, 6.07) is 1.46. The second-order valence-corrected chi connectivity index (χ2v) is 9.32. The first-order valence-corrected chi connectivity index (χ1v) is 11.9. The van der Waals surface area contributed by atoms with E-state index in [9.17, 15) is 18.8 Å². The monoisotopic (exact) mass is 486 g/mol. The fourth-order valence-corrected chi connectivity index (χ4v) is 4.54. The van der Waals surface area contributed by atoms with E-state index in [4.69, 9.17) is 9.84 Å². The lowest BCUT2D eigenvalue weighted by Crippen LogP contribution is -2.61. The van der Waals surface area contributed by atoms with Gasteiger partial charge in [0, 0.05) is 26.1 Å². The molecule has 0 aromatic carbocycles. The minimum absolute atomic E-state index is 0.0411. The summed E-state index contributed by atoms with van der Waals surface area (Å²) in [7, 11) is 1.44. The number of rotatable bonds is 9. The van der Waals surface area contributed by atoms with Crippen LogP contribution in [0.25, 0.3) is 5.76 Å². The molecule has 35 heavy (non-hydrogen) atoms. The molecule has 9 nitrogen and oxygen atoms in total. The number of aromatic nitrogens is 1. The third-order valence-electron chi connectivity index (χ3n) is 6.47. The van der Waals surface area contributed by atoms with Crippen LogP contribution in [0.15, 0.2) is 39.7 Å². The van der Waals surface area contributed by atoms with Crippen LogP contribution in [0, 0.1) is 11.8 Å². The van der Waals surface area contributed by atoms with E-state index >= 15 is 0 Å². The van der Waals surface area contributed by atoms with Gasteiger partial charge in [-0.2, -0.15) is 0 Å². The quantitative estimate of drug-likeness (QED) is 0.415. The summed E-state index contributed by atoms with van der Waals surface area (Å²) in [6.45, 7) is 1.03. The SMILES string of the molecule is CNC(=O)c1cc2c3n(c1=O)CC(C)(C(=O)NCCO)OC=3C(CC(C=CCF)=CC1CC1)CN=2. The highest BCUT2D eigenvalue weighted by atomic mass is 19.1. The van der Waals surface area contributed by atoms with Crippen molar-refractivity contribution in [2.24, 2.45) is 16.8 Å². The van der Waals surface area contributed by atoms with Crippen LogP contribution >= 0.6 is 0 Å². The predicted molar refractivity (Wildman–Crippen MR) is 127 cm³/mol. The first-order valence-electron chi connectivity index (χ1n) is 11.9. The fraction of sp³-hybridized carbons (Fsp3) is 0.520. The number of carbonyl (C=O) groups excluding carboxylic acids is 2. The van der Waals surface area contributed by atoms with Gasteiger partial charge < -0.3 is 20.5 Å². The number of hydrogen-bond donors (Lipinski definition) is 3. The molecule has 4 rings (SSSR count). The molecule has 2 atom stereocenters. The largest absolute Gasteiger partial charge is 0.478 e. The Morgan fingerprint density at radius 3 is 2.83 bits per heavy atom. The molecule has 188 valence electrons. The number of nitrogens with one attached hydrogen (secondary N) is 2. The van der Waals surface area contributed by atoms with Crippen LogP contribution in [0.2, 0.25) is 0 Å². The molecule has 3 N–H and O–H groups in total. The summed E-state index contributed by atoms with van der Waals surface area (Å²) in [5.74, 6) is -0.361. The molecular weight excluding hydrogens is 455 g/mol. The van der Waals surface area contributed by atoms with Gasteiger partial charge in [-0.15, -0.1) is 0 Å². The maximum atomic E-state index is 13.4. The molecule has 2 unspecified atom stereocenters. The summed E-state index contributed by atoms with van der Waals surface area (Å²) in [6.07, 6.45) is 8.08. The van der Waals surface area contributed by atoms with E-state index in [0.29, 0.717) is 35.3 Å². The third kappa shape index (κ3) is 5.07. The first kappa shape index (κ1) is 24.8. The summed E-state index contributed by atoms with van der Waals surface area (Å²) < 4.78 is 20.6. The molecule has 0 spiro atoms.